The Balaban J connectivity index is 2.02. The molecule has 0 atom stereocenters. The molecule has 0 unspecified atom stereocenters. The molecule has 17 heavy (non-hydrogen) atoms. The zero-order valence-corrected chi connectivity index (χ0v) is 11.6. The predicted molar refractivity (Wildman–Crippen MR) is 73.3 cm³/mol. The monoisotopic (exact) mass is 268 g/mol. The molecule has 0 saturated heterocycles. The number of hydrogen-bond donors (Lipinski definition) is 1. The van der Waals surface area contributed by atoms with Crippen molar-refractivity contribution in [3.63, 3.8) is 0 Å². The van der Waals surface area contributed by atoms with Crippen LogP contribution in [0.15, 0.2) is 16.7 Å². The lowest BCUT2D eigenvalue weighted by Crippen LogP contribution is -1.99. The summed E-state index contributed by atoms with van der Waals surface area (Å²) in [5.41, 5.74) is 7.96. The minimum absolute atomic E-state index is 0.645. The second-order valence-corrected chi connectivity index (χ2v) is 6.07. The van der Waals surface area contributed by atoms with Gasteiger partial charge < -0.3 is 10.3 Å². The third-order valence-electron chi connectivity index (χ3n) is 2.38. The number of nitrogens with two attached hydrogens (primary N) is 1. The molecule has 0 fully saturated rings. The van der Waals surface area contributed by atoms with E-state index in [1.807, 2.05) is 19.4 Å². The number of anilines is 1. The van der Waals surface area contributed by atoms with Crippen LogP contribution in [0.4, 0.5) is 5.13 Å². The lowest BCUT2D eigenvalue weighted by atomic mass is 10.4. The molecule has 2 heterocycles. The quantitative estimate of drug-likeness (QED) is 0.847. The fraction of sp³-hybridized carbons (Fsp3) is 0.455. The van der Waals surface area contributed by atoms with E-state index in [0.717, 1.165) is 24.4 Å². The predicted octanol–water partition coefficient (Wildman–Crippen LogP) is 2.93. The van der Waals surface area contributed by atoms with Crippen LogP contribution < -0.4 is 5.73 Å². The lowest BCUT2D eigenvalue weighted by molar-refractivity contribution is 0.659. The van der Waals surface area contributed by atoms with E-state index in [9.17, 15) is 0 Å². The molecular formula is C11H16N4S2. The Kier molecular flexibility index (Phi) is 4.06. The first-order valence-corrected chi connectivity index (χ1v) is 7.35. The van der Waals surface area contributed by atoms with Gasteiger partial charge in [0, 0.05) is 24.2 Å². The maximum atomic E-state index is 5.68. The van der Waals surface area contributed by atoms with E-state index < -0.39 is 0 Å². The van der Waals surface area contributed by atoms with E-state index in [-0.39, 0.29) is 0 Å². The van der Waals surface area contributed by atoms with Crippen LogP contribution in [0.2, 0.25) is 0 Å². The Morgan fingerprint density at radius 1 is 1.53 bits per heavy atom. The summed E-state index contributed by atoms with van der Waals surface area (Å²) in [5.74, 6) is 0.919. The molecule has 4 nitrogen and oxygen atoms in total. The maximum absolute atomic E-state index is 5.68. The van der Waals surface area contributed by atoms with Gasteiger partial charge in [-0.3, -0.25) is 0 Å². The molecule has 0 amide bonds. The third kappa shape index (κ3) is 3.01. The molecule has 0 aliphatic heterocycles. The van der Waals surface area contributed by atoms with Crippen molar-refractivity contribution in [2.24, 2.45) is 0 Å². The van der Waals surface area contributed by atoms with Gasteiger partial charge in [-0.1, -0.05) is 18.3 Å². The normalized spacial score (nSPS) is 10.9. The molecular weight excluding hydrogens is 252 g/mol. The molecule has 0 aliphatic rings. The van der Waals surface area contributed by atoms with Crippen LogP contribution in [0, 0.1) is 6.92 Å². The van der Waals surface area contributed by atoms with Crippen LogP contribution in [0.5, 0.6) is 0 Å². The van der Waals surface area contributed by atoms with Crippen LogP contribution >= 0.6 is 23.1 Å². The molecule has 92 valence electrons. The van der Waals surface area contributed by atoms with E-state index in [0.29, 0.717) is 5.13 Å². The summed E-state index contributed by atoms with van der Waals surface area (Å²) in [6.07, 6.45) is 4.95. The molecule has 0 spiro atoms. The van der Waals surface area contributed by atoms with Gasteiger partial charge in [0.05, 0.1) is 16.2 Å². The van der Waals surface area contributed by atoms with Gasteiger partial charge in [0.1, 0.15) is 0 Å². The average molecular weight is 268 g/mol. The number of thioether (sulfide) groups is 1. The van der Waals surface area contributed by atoms with E-state index in [2.05, 4.69) is 21.5 Å². The maximum Gasteiger partial charge on any atom is 0.181 e. The van der Waals surface area contributed by atoms with Gasteiger partial charge in [-0.15, -0.1) is 11.8 Å². The van der Waals surface area contributed by atoms with Crippen molar-refractivity contribution in [1.29, 1.82) is 0 Å². The molecule has 0 aromatic carbocycles. The van der Waals surface area contributed by atoms with Crippen molar-refractivity contribution >= 4 is 28.2 Å². The van der Waals surface area contributed by atoms with Crippen LogP contribution in [0.1, 0.15) is 24.7 Å². The van der Waals surface area contributed by atoms with Crippen LogP contribution in [0.3, 0.4) is 0 Å². The highest BCUT2D eigenvalue weighted by atomic mass is 32.2. The van der Waals surface area contributed by atoms with Gasteiger partial charge in [-0.05, 0) is 13.3 Å². The van der Waals surface area contributed by atoms with E-state index >= 15 is 0 Å². The van der Waals surface area contributed by atoms with Crippen molar-refractivity contribution in [3.8, 4) is 0 Å². The Morgan fingerprint density at radius 2 is 2.35 bits per heavy atom. The number of thiazole rings is 1. The number of aryl methyl sites for hydroxylation is 2. The molecule has 0 saturated carbocycles. The van der Waals surface area contributed by atoms with Crippen LogP contribution in [-0.4, -0.2) is 14.5 Å². The summed E-state index contributed by atoms with van der Waals surface area (Å²) in [7, 11) is 0. The summed E-state index contributed by atoms with van der Waals surface area (Å²) in [6.45, 7) is 5.20. The van der Waals surface area contributed by atoms with Gasteiger partial charge in [-0.25, -0.2) is 9.97 Å². The van der Waals surface area contributed by atoms with E-state index in [1.165, 1.54) is 9.90 Å². The van der Waals surface area contributed by atoms with Crippen molar-refractivity contribution < 1.29 is 0 Å². The fourth-order valence-corrected chi connectivity index (χ4v) is 3.59. The molecule has 0 bridgehead atoms. The number of imidazole rings is 1. The molecule has 6 heteroatoms. The lowest BCUT2D eigenvalue weighted by Gasteiger charge is -2.05. The summed E-state index contributed by atoms with van der Waals surface area (Å²) in [5, 5.41) is 0.645. The zero-order chi connectivity index (χ0) is 12.3. The van der Waals surface area contributed by atoms with Gasteiger partial charge in [0.2, 0.25) is 0 Å². The number of hydrogen-bond acceptors (Lipinski definition) is 5. The molecule has 2 aromatic rings. The minimum Gasteiger partial charge on any atom is -0.375 e. The Hall–Kier alpha value is -1.01. The first-order chi connectivity index (χ1) is 8.20. The van der Waals surface area contributed by atoms with Gasteiger partial charge in [0.15, 0.2) is 5.13 Å². The van der Waals surface area contributed by atoms with Crippen molar-refractivity contribution in [1.82, 2.24) is 14.5 Å². The largest absolute Gasteiger partial charge is 0.375 e. The van der Waals surface area contributed by atoms with Gasteiger partial charge in [-0.2, -0.15) is 0 Å². The highest BCUT2D eigenvalue weighted by Gasteiger charge is 2.08. The van der Waals surface area contributed by atoms with Crippen LogP contribution in [0.25, 0.3) is 0 Å². The highest BCUT2D eigenvalue weighted by molar-refractivity contribution is 8.00. The molecule has 0 aliphatic carbocycles. The topological polar surface area (TPSA) is 56.7 Å². The second-order valence-electron chi connectivity index (χ2n) is 3.79. The molecule has 2 N–H and O–H groups in total. The Bertz CT molecular complexity index is 489. The summed E-state index contributed by atoms with van der Waals surface area (Å²) in [6, 6.07) is 0. The number of nitrogen functional groups attached to an aromatic ring is 1. The smallest absolute Gasteiger partial charge is 0.181 e. The van der Waals surface area contributed by atoms with Crippen molar-refractivity contribution in [3.05, 3.63) is 23.9 Å². The Morgan fingerprint density at radius 3 is 3.00 bits per heavy atom. The van der Waals surface area contributed by atoms with Gasteiger partial charge >= 0.3 is 0 Å². The van der Waals surface area contributed by atoms with Crippen molar-refractivity contribution in [2.45, 2.75) is 36.8 Å². The summed E-state index contributed by atoms with van der Waals surface area (Å²) < 4.78 is 3.40. The number of rotatable bonds is 5. The third-order valence-corrected chi connectivity index (χ3v) is 4.77. The fourth-order valence-electron chi connectivity index (χ4n) is 1.59. The van der Waals surface area contributed by atoms with Crippen LogP contribution in [-0.2, 0) is 12.3 Å². The summed E-state index contributed by atoms with van der Waals surface area (Å²) in [4.78, 5) is 8.42. The van der Waals surface area contributed by atoms with Gasteiger partial charge in [0.25, 0.3) is 0 Å². The Labute approximate surface area is 109 Å². The molecule has 0 radical (unpaired) electrons. The second kappa shape index (κ2) is 5.55. The molecule has 2 aromatic heterocycles. The van der Waals surface area contributed by atoms with E-state index in [4.69, 9.17) is 5.73 Å². The minimum atomic E-state index is 0.645. The summed E-state index contributed by atoms with van der Waals surface area (Å²) >= 11 is 3.34. The standard InChI is InChI=1S/C11H16N4S2/c1-3-4-15-7-13-5-9(15)6-16-10-8(2)14-11(12)17-10/h5,7H,3-4,6H2,1-2H3,(H2,12,14). The zero-order valence-electron chi connectivity index (χ0n) is 10.0. The molecule has 2 rings (SSSR count). The average Bonchev–Trinajstić information content (AvgIpc) is 2.83. The van der Waals surface area contributed by atoms with E-state index in [1.54, 1.807) is 23.1 Å². The number of aromatic nitrogens is 3. The highest BCUT2D eigenvalue weighted by Crippen LogP contribution is 2.32. The first kappa shape index (κ1) is 12.4. The number of nitrogens with zero attached hydrogens (tertiary/aromatic N) is 3. The first-order valence-electron chi connectivity index (χ1n) is 5.55. The SMILES string of the molecule is CCCn1cncc1CSc1sc(N)nc1C. The van der Waals surface area contributed by atoms with Crippen molar-refractivity contribution in [2.75, 3.05) is 5.73 Å².